The molecule has 0 spiro atoms. The van der Waals surface area contributed by atoms with Crippen molar-refractivity contribution in [1.82, 2.24) is 20.1 Å². The number of guanidine groups is 1. The number of benzene rings is 1. The predicted molar refractivity (Wildman–Crippen MR) is 142 cm³/mol. The van der Waals surface area contributed by atoms with Crippen molar-refractivity contribution < 1.29 is 9.84 Å². The van der Waals surface area contributed by atoms with Crippen molar-refractivity contribution in [2.24, 2.45) is 4.99 Å². The molecule has 182 valence electrons. The number of hydrogen-bond acceptors (Lipinski definition) is 5. The molecule has 9 heteroatoms. The average Bonchev–Trinajstić information content (AvgIpc) is 2.79. The molecule has 2 aromatic rings. The minimum atomic E-state index is -0.870. The van der Waals surface area contributed by atoms with Crippen LogP contribution in [0.1, 0.15) is 25.0 Å². The molecule has 8 nitrogen and oxygen atoms in total. The fourth-order valence-corrected chi connectivity index (χ4v) is 3.62. The van der Waals surface area contributed by atoms with Gasteiger partial charge in [0.2, 0.25) is 0 Å². The lowest BCUT2D eigenvalue weighted by atomic mass is 10.1. The molecule has 1 aliphatic rings. The molecule has 1 atom stereocenters. The normalized spacial score (nSPS) is 16.5. The number of aliphatic hydroxyl groups is 1. The van der Waals surface area contributed by atoms with Crippen LogP contribution in [-0.4, -0.2) is 72.1 Å². The van der Waals surface area contributed by atoms with E-state index in [0.717, 1.165) is 30.8 Å². The first-order chi connectivity index (χ1) is 15.4. The van der Waals surface area contributed by atoms with E-state index in [1.807, 2.05) is 44.2 Å². The van der Waals surface area contributed by atoms with Crippen molar-refractivity contribution in [3.8, 4) is 0 Å². The Morgan fingerprint density at radius 2 is 1.82 bits per heavy atom. The fourth-order valence-electron chi connectivity index (χ4n) is 3.62. The Hall–Kier alpha value is -1.95. The molecule has 2 heterocycles. The third-order valence-electron chi connectivity index (χ3n) is 5.34. The zero-order chi connectivity index (χ0) is 22.8. The molecule has 1 aromatic heterocycles. The van der Waals surface area contributed by atoms with Crippen LogP contribution >= 0.6 is 24.0 Å². The van der Waals surface area contributed by atoms with Crippen LogP contribution in [0.5, 0.6) is 0 Å². The Kier molecular flexibility index (Phi) is 11.3. The number of halogens is 1. The zero-order valence-corrected chi connectivity index (χ0v) is 21.8. The minimum Gasteiger partial charge on any atom is -0.387 e. The summed E-state index contributed by atoms with van der Waals surface area (Å²) in [6, 6.07) is 13.3. The third-order valence-corrected chi connectivity index (χ3v) is 5.34. The second kappa shape index (κ2) is 13.7. The van der Waals surface area contributed by atoms with E-state index >= 15 is 0 Å². The lowest BCUT2D eigenvalue weighted by molar-refractivity contribution is -0.0201. The number of rotatable bonds is 9. The number of ether oxygens (including phenoxy) is 1. The highest BCUT2D eigenvalue weighted by molar-refractivity contribution is 14.0. The highest BCUT2D eigenvalue weighted by atomic mass is 127. The molecular formula is C24H36IN5O3. The molecule has 0 saturated carbocycles. The van der Waals surface area contributed by atoms with E-state index in [9.17, 15) is 9.90 Å². The Balaban J connectivity index is 0.00000385. The van der Waals surface area contributed by atoms with Crippen LogP contribution in [0.3, 0.4) is 0 Å². The lowest BCUT2D eigenvalue weighted by Crippen LogP contribution is -2.52. The van der Waals surface area contributed by atoms with Gasteiger partial charge in [0, 0.05) is 45.0 Å². The maximum atomic E-state index is 11.9. The summed E-state index contributed by atoms with van der Waals surface area (Å²) >= 11 is 0. The first-order valence-corrected chi connectivity index (χ1v) is 11.2. The van der Waals surface area contributed by atoms with Gasteiger partial charge in [0.1, 0.15) is 0 Å². The van der Waals surface area contributed by atoms with Crippen molar-refractivity contribution >= 4 is 29.9 Å². The van der Waals surface area contributed by atoms with Gasteiger partial charge in [0.15, 0.2) is 5.96 Å². The van der Waals surface area contributed by atoms with E-state index in [1.165, 1.54) is 0 Å². The fraction of sp³-hybridized carbons (Fsp3) is 0.500. The number of aromatic nitrogens is 1. The van der Waals surface area contributed by atoms with Crippen LogP contribution in [0, 0.1) is 0 Å². The van der Waals surface area contributed by atoms with E-state index in [0.29, 0.717) is 45.4 Å². The topological polar surface area (TPSA) is 91.1 Å². The molecular weight excluding hydrogens is 533 g/mol. The highest BCUT2D eigenvalue weighted by Gasteiger charge is 2.25. The predicted octanol–water partition coefficient (Wildman–Crippen LogP) is 1.65. The molecule has 3 rings (SSSR count). The lowest BCUT2D eigenvalue weighted by Gasteiger charge is -2.34. The van der Waals surface area contributed by atoms with Gasteiger partial charge in [-0.15, -0.1) is 24.0 Å². The number of nitrogens with one attached hydrogen (secondary N) is 2. The largest absolute Gasteiger partial charge is 0.387 e. The first-order valence-electron chi connectivity index (χ1n) is 11.2. The summed E-state index contributed by atoms with van der Waals surface area (Å²) < 4.78 is 7.06. The summed E-state index contributed by atoms with van der Waals surface area (Å²) in [5.74, 6) is 0.676. The Morgan fingerprint density at radius 1 is 1.12 bits per heavy atom. The molecule has 0 aliphatic carbocycles. The maximum absolute atomic E-state index is 11.9. The number of β-amino-alcohol motifs (C(OH)–C–C–N with tert-alkyl or cyclic N) is 1. The Bertz CT molecular complexity index is 924. The molecule has 0 radical (unpaired) electrons. The van der Waals surface area contributed by atoms with Gasteiger partial charge in [0.05, 0.1) is 31.9 Å². The van der Waals surface area contributed by atoms with Crippen LogP contribution in [0.25, 0.3) is 0 Å². The van der Waals surface area contributed by atoms with E-state index in [2.05, 4.69) is 20.5 Å². The molecule has 1 unspecified atom stereocenters. The summed E-state index contributed by atoms with van der Waals surface area (Å²) in [6.07, 6.45) is 1.79. The van der Waals surface area contributed by atoms with Crippen LogP contribution in [0.2, 0.25) is 0 Å². The van der Waals surface area contributed by atoms with Gasteiger partial charge in [-0.25, -0.2) is 4.99 Å². The minimum absolute atomic E-state index is 0. The van der Waals surface area contributed by atoms with Gasteiger partial charge in [-0.2, -0.15) is 0 Å². The zero-order valence-electron chi connectivity index (χ0n) is 19.5. The van der Waals surface area contributed by atoms with Gasteiger partial charge in [0.25, 0.3) is 5.56 Å². The molecule has 3 N–H and O–H groups in total. The number of hydrogen-bond donors (Lipinski definition) is 3. The average molecular weight is 569 g/mol. The molecule has 1 aliphatic heterocycles. The van der Waals surface area contributed by atoms with Crippen molar-refractivity contribution in [2.45, 2.75) is 32.5 Å². The van der Waals surface area contributed by atoms with E-state index < -0.39 is 5.60 Å². The second-order valence-corrected chi connectivity index (χ2v) is 8.42. The molecule has 0 amide bonds. The van der Waals surface area contributed by atoms with Crippen molar-refractivity contribution in [3.05, 3.63) is 70.1 Å². The Morgan fingerprint density at radius 3 is 2.48 bits per heavy atom. The molecule has 1 fully saturated rings. The van der Waals surface area contributed by atoms with E-state index in [4.69, 9.17) is 4.74 Å². The quantitative estimate of drug-likeness (QED) is 0.242. The molecule has 1 aromatic carbocycles. The van der Waals surface area contributed by atoms with Crippen molar-refractivity contribution in [3.63, 3.8) is 0 Å². The summed E-state index contributed by atoms with van der Waals surface area (Å²) in [5.41, 5.74) is 1.26. The summed E-state index contributed by atoms with van der Waals surface area (Å²) in [4.78, 5) is 18.8. The van der Waals surface area contributed by atoms with Gasteiger partial charge in [-0.05, 0) is 31.0 Å². The smallest absolute Gasteiger partial charge is 0.250 e. The van der Waals surface area contributed by atoms with Crippen LogP contribution in [-0.2, 0) is 17.8 Å². The van der Waals surface area contributed by atoms with Gasteiger partial charge < -0.3 is 25.0 Å². The highest BCUT2D eigenvalue weighted by Crippen LogP contribution is 2.09. The molecule has 1 saturated heterocycles. The second-order valence-electron chi connectivity index (χ2n) is 8.42. The third kappa shape index (κ3) is 9.44. The van der Waals surface area contributed by atoms with Crippen molar-refractivity contribution in [2.75, 3.05) is 45.9 Å². The summed E-state index contributed by atoms with van der Waals surface area (Å²) in [7, 11) is 0. The Labute approximate surface area is 213 Å². The standard InChI is InChI=1S/C24H35N5O3.HI/c1-3-25-23(27-18-24(2,31)19-28-12-14-32-15-13-28)26-16-20-7-9-21(10-8-20)17-29-11-5-4-6-22(29)30;/h4-11,31H,3,12-19H2,1-2H3,(H2,25,26,27);1H. The molecule has 33 heavy (non-hydrogen) atoms. The van der Waals surface area contributed by atoms with Crippen LogP contribution in [0.4, 0.5) is 0 Å². The maximum Gasteiger partial charge on any atom is 0.250 e. The van der Waals surface area contributed by atoms with E-state index in [1.54, 1.807) is 22.9 Å². The summed E-state index contributed by atoms with van der Waals surface area (Å²) in [6.45, 7) is 9.79. The van der Waals surface area contributed by atoms with Crippen LogP contribution < -0.4 is 16.2 Å². The van der Waals surface area contributed by atoms with E-state index in [-0.39, 0.29) is 29.5 Å². The number of morpholine rings is 1. The SMILES string of the molecule is CCNC(=NCc1ccc(Cn2ccccc2=O)cc1)NCC(C)(O)CN1CCOCC1.I. The van der Waals surface area contributed by atoms with Gasteiger partial charge in [-0.3, -0.25) is 9.69 Å². The summed E-state index contributed by atoms with van der Waals surface area (Å²) in [5, 5.41) is 17.3. The van der Waals surface area contributed by atoms with Gasteiger partial charge >= 0.3 is 0 Å². The number of aliphatic imine (C=N–C) groups is 1. The van der Waals surface area contributed by atoms with Crippen molar-refractivity contribution in [1.29, 1.82) is 0 Å². The van der Waals surface area contributed by atoms with Gasteiger partial charge in [-0.1, -0.05) is 30.3 Å². The van der Waals surface area contributed by atoms with Crippen LogP contribution in [0.15, 0.2) is 58.4 Å². The molecule has 0 bridgehead atoms. The number of pyridine rings is 1. The first kappa shape index (κ1) is 27.3. The monoisotopic (exact) mass is 569 g/mol. The number of nitrogens with zero attached hydrogens (tertiary/aromatic N) is 3.